The molecule has 110 valence electrons. The van der Waals surface area contributed by atoms with Gasteiger partial charge in [-0.15, -0.1) is 0 Å². The third-order valence-electron chi connectivity index (χ3n) is 2.47. The van der Waals surface area contributed by atoms with Gasteiger partial charge in [0.15, 0.2) is 29.1 Å². The molecule has 0 aliphatic heterocycles. The number of benzene rings is 1. The van der Waals surface area contributed by atoms with Crippen LogP contribution in [0.1, 0.15) is 30.1 Å². The number of Topliss-reactive ketones (excluding diaryl/α,β-unsaturated/α-hetero) is 2. The monoisotopic (exact) mass is 298 g/mol. The average Bonchev–Trinajstić information content (AvgIpc) is 2.42. The second-order valence-electron chi connectivity index (χ2n) is 3.89. The highest BCUT2D eigenvalue weighted by molar-refractivity contribution is 6.13. The molecular weight excluding hydrogens is 290 g/mol. The normalized spacial score (nSPS) is 12.3. The molecule has 8 heteroatoms. The van der Waals surface area contributed by atoms with Gasteiger partial charge in [0.1, 0.15) is 0 Å². The third kappa shape index (κ3) is 2.68. The lowest BCUT2D eigenvalue weighted by molar-refractivity contribution is -0.122. The van der Waals surface area contributed by atoms with Crippen LogP contribution in [0.25, 0.3) is 0 Å². The largest absolute Gasteiger partial charge is 0.296 e. The molecule has 0 saturated heterocycles. The maximum Gasteiger partial charge on any atom is 0.221 e. The minimum absolute atomic E-state index is 0.156. The second kappa shape index (κ2) is 6.06. The van der Waals surface area contributed by atoms with E-state index in [1.54, 1.807) is 0 Å². The molecule has 1 aromatic rings. The lowest BCUT2D eigenvalue weighted by Gasteiger charge is -2.09. The quantitative estimate of drug-likeness (QED) is 0.275. The van der Waals surface area contributed by atoms with Crippen LogP contribution in [0.15, 0.2) is 0 Å². The van der Waals surface area contributed by atoms with Gasteiger partial charge in [0.05, 0.1) is 5.56 Å². The molecule has 0 saturated carbocycles. The first-order chi connectivity index (χ1) is 9.23. The van der Waals surface area contributed by atoms with E-state index in [0.29, 0.717) is 0 Å². The molecule has 1 rings (SSSR count). The molecule has 0 aromatic heterocycles. The van der Waals surface area contributed by atoms with Gasteiger partial charge < -0.3 is 0 Å². The van der Waals surface area contributed by atoms with Crippen molar-refractivity contribution < 1.29 is 35.9 Å². The molecule has 0 radical (unpaired) electrons. The van der Waals surface area contributed by atoms with Crippen LogP contribution in [0, 0.1) is 29.1 Å². The maximum absolute atomic E-state index is 13.4. The van der Waals surface area contributed by atoms with E-state index in [1.165, 1.54) is 6.92 Å². The van der Waals surface area contributed by atoms with E-state index >= 15 is 0 Å². The van der Waals surface area contributed by atoms with E-state index in [9.17, 15) is 35.9 Å². The van der Waals surface area contributed by atoms with Crippen molar-refractivity contribution in [1.82, 2.24) is 0 Å². The predicted molar refractivity (Wildman–Crippen MR) is 55.4 cm³/mol. The number of alkyl halides is 1. The number of carbonyl (C=O) groups is 2. The molecule has 0 bridgehead atoms. The molecule has 0 heterocycles. The molecule has 2 nitrogen and oxygen atoms in total. The SMILES string of the molecule is CCCC(=O)C(F)C(=O)c1c(F)c(F)c(F)c(F)c1F. The van der Waals surface area contributed by atoms with Crippen LogP contribution in [0.4, 0.5) is 26.3 Å². The van der Waals surface area contributed by atoms with E-state index in [2.05, 4.69) is 0 Å². The molecule has 20 heavy (non-hydrogen) atoms. The molecule has 0 N–H and O–H groups in total. The van der Waals surface area contributed by atoms with E-state index in [-0.39, 0.29) is 6.42 Å². The fraction of sp³-hybridized carbons (Fsp3) is 0.333. The van der Waals surface area contributed by atoms with Gasteiger partial charge in [-0.25, -0.2) is 26.3 Å². The van der Waals surface area contributed by atoms with Crippen molar-refractivity contribution in [2.75, 3.05) is 0 Å². The van der Waals surface area contributed by atoms with Gasteiger partial charge >= 0.3 is 0 Å². The highest BCUT2D eigenvalue weighted by atomic mass is 19.2. The van der Waals surface area contributed by atoms with Crippen LogP contribution < -0.4 is 0 Å². The molecule has 1 unspecified atom stereocenters. The lowest BCUT2D eigenvalue weighted by atomic mass is 10.0. The molecule has 0 amide bonds. The Labute approximate surface area is 109 Å². The summed E-state index contributed by atoms with van der Waals surface area (Å²) in [7, 11) is 0. The minimum Gasteiger partial charge on any atom is -0.296 e. The fourth-order valence-corrected chi connectivity index (χ4v) is 1.47. The summed E-state index contributed by atoms with van der Waals surface area (Å²) in [6.45, 7) is 1.48. The summed E-state index contributed by atoms with van der Waals surface area (Å²) in [4.78, 5) is 22.5. The van der Waals surface area contributed by atoms with Gasteiger partial charge in [0, 0.05) is 6.42 Å². The van der Waals surface area contributed by atoms with Crippen molar-refractivity contribution in [2.24, 2.45) is 0 Å². The Balaban J connectivity index is 3.34. The first-order valence-corrected chi connectivity index (χ1v) is 5.46. The summed E-state index contributed by atoms with van der Waals surface area (Å²) >= 11 is 0. The Morgan fingerprint density at radius 3 is 1.70 bits per heavy atom. The summed E-state index contributed by atoms with van der Waals surface area (Å²) in [6.07, 6.45) is -3.21. The Hall–Kier alpha value is -1.86. The molecule has 1 atom stereocenters. The van der Waals surface area contributed by atoms with Crippen molar-refractivity contribution in [1.29, 1.82) is 0 Å². The standard InChI is InChI=1S/C12H8F6O2/c1-2-3-4(19)6(13)12(20)5-7(14)9(16)11(18)10(17)8(5)15/h6H,2-3H2,1H3. The smallest absolute Gasteiger partial charge is 0.221 e. The summed E-state index contributed by atoms with van der Waals surface area (Å²) in [5, 5.41) is 0. The summed E-state index contributed by atoms with van der Waals surface area (Å²) in [5.74, 6) is -15.5. The minimum atomic E-state index is -2.97. The average molecular weight is 298 g/mol. The molecule has 0 fully saturated rings. The Kier molecular flexibility index (Phi) is 4.91. The van der Waals surface area contributed by atoms with E-state index < -0.39 is 58.8 Å². The lowest BCUT2D eigenvalue weighted by Crippen LogP contribution is -2.28. The van der Waals surface area contributed by atoms with Crippen molar-refractivity contribution >= 4 is 11.6 Å². The van der Waals surface area contributed by atoms with Crippen LogP contribution in [-0.2, 0) is 4.79 Å². The molecule has 0 aliphatic carbocycles. The van der Waals surface area contributed by atoms with Crippen LogP contribution in [-0.4, -0.2) is 17.7 Å². The first kappa shape index (κ1) is 16.2. The fourth-order valence-electron chi connectivity index (χ4n) is 1.47. The predicted octanol–water partition coefficient (Wildman–Crippen LogP) is 3.27. The van der Waals surface area contributed by atoms with Gasteiger partial charge in [0.2, 0.25) is 17.8 Å². The van der Waals surface area contributed by atoms with Gasteiger partial charge in [-0.05, 0) is 6.42 Å². The summed E-state index contributed by atoms with van der Waals surface area (Å²) in [6, 6.07) is 0. The third-order valence-corrected chi connectivity index (χ3v) is 2.47. The van der Waals surface area contributed by atoms with E-state index in [1.807, 2.05) is 0 Å². The number of carbonyl (C=O) groups excluding carboxylic acids is 2. The first-order valence-electron chi connectivity index (χ1n) is 5.46. The van der Waals surface area contributed by atoms with Crippen molar-refractivity contribution in [3.8, 4) is 0 Å². The van der Waals surface area contributed by atoms with E-state index in [0.717, 1.165) is 0 Å². The molecule has 1 aromatic carbocycles. The van der Waals surface area contributed by atoms with Crippen LogP contribution in [0.5, 0.6) is 0 Å². The number of rotatable bonds is 5. The Morgan fingerprint density at radius 2 is 1.30 bits per heavy atom. The number of hydrogen-bond donors (Lipinski definition) is 0. The number of ketones is 2. The Bertz CT molecular complexity index is 541. The maximum atomic E-state index is 13.4. The summed E-state index contributed by atoms with van der Waals surface area (Å²) in [5.41, 5.74) is -1.95. The zero-order chi connectivity index (χ0) is 15.6. The molecular formula is C12H8F6O2. The van der Waals surface area contributed by atoms with Crippen LogP contribution in [0.3, 0.4) is 0 Å². The van der Waals surface area contributed by atoms with Crippen molar-refractivity contribution in [3.63, 3.8) is 0 Å². The van der Waals surface area contributed by atoms with Crippen molar-refractivity contribution in [2.45, 2.75) is 25.9 Å². The van der Waals surface area contributed by atoms with Crippen LogP contribution in [0.2, 0.25) is 0 Å². The highest BCUT2D eigenvalue weighted by Gasteiger charge is 2.35. The topological polar surface area (TPSA) is 34.1 Å². The Morgan fingerprint density at radius 1 is 0.900 bits per heavy atom. The van der Waals surface area contributed by atoms with Gasteiger partial charge in [-0.2, -0.15) is 0 Å². The van der Waals surface area contributed by atoms with Gasteiger partial charge in [-0.3, -0.25) is 9.59 Å². The molecule has 0 spiro atoms. The summed E-state index contributed by atoms with van der Waals surface area (Å²) < 4.78 is 78.4. The number of hydrogen-bond acceptors (Lipinski definition) is 2. The van der Waals surface area contributed by atoms with E-state index in [4.69, 9.17) is 0 Å². The highest BCUT2D eigenvalue weighted by Crippen LogP contribution is 2.25. The zero-order valence-corrected chi connectivity index (χ0v) is 10.1. The van der Waals surface area contributed by atoms with Gasteiger partial charge in [-0.1, -0.05) is 6.92 Å². The van der Waals surface area contributed by atoms with Gasteiger partial charge in [0.25, 0.3) is 0 Å². The van der Waals surface area contributed by atoms with Crippen LogP contribution >= 0.6 is 0 Å². The zero-order valence-electron chi connectivity index (χ0n) is 10.1. The second-order valence-corrected chi connectivity index (χ2v) is 3.89. The number of halogens is 6. The van der Waals surface area contributed by atoms with Crippen molar-refractivity contribution in [3.05, 3.63) is 34.6 Å². The molecule has 0 aliphatic rings.